The van der Waals surface area contributed by atoms with Gasteiger partial charge in [-0.05, 0) is 37.1 Å². The molecule has 12 nitrogen and oxygen atoms in total. The summed E-state index contributed by atoms with van der Waals surface area (Å²) in [6.07, 6.45) is 0.933. The SMILES string of the molecule is CCCNC(N)=O.CNCC(=O)NC(C(=O)NCC(=O)Nc1ccc(COC(C)=O)cc1)C(C)C. The fraction of sp³-hybridized carbons (Fsp3) is 0.522. The van der Waals surface area contributed by atoms with Crippen molar-refractivity contribution in [1.82, 2.24) is 21.3 Å². The maximum absolute atomic E-state index is 12.3. The van der Waals surface area contributed by atoms with Crippen LogP contribution in [0.5, 0.6) is 0 Å². The molecule has 1 atom stereocenters. The summed E-state index contributed by atoms with van der Waals surface area (Å²) in [5.74, 6) is -1.62. The molecule has 35 heavy (non-hydrogen) atoms. The smallest absolute Gasteiger partial charge is 0.312 e. The zero-order valence-electron chi connectivity index (χ0n) is 21.0. The van der Waals surface area contributed by atoms with E-state index in [4.69, 9.17) is 10.5 Å². The van der Waals surface area contributed by atoms with Crippen LogP contribution < -0.4 is 32.3 Å². The number of rotatable bonds is 12. The highest BCUT2D eigenvalue weighted by Gasteiger charge is 2.24. The fourth-order valence-corrected chi connectivity index (χ4v) is 2.52. The van der Waals surface area contributed by atoms with Crippen molar-refractivity contribution in [3.63, 3.8) is 0 Å². The Morgan fingerprint density at radius 3 is 2.06 bits per heavy atom. The Bertz CT molecular complexity index is 828. The third-order valence-electron chi connectivity index (χ3n) is 4.26. The van der Waals surface area contributed by atoms with E-state index >= 15 is 0 Å². The van der Waals surface area contributed by atoms with Gasteiger partial charge in [-0.25, -0.2) is 4.79 Å². The predicted molar refractivity (Wildman–Crippen MR) is 132 cm³/mol. The Labute approximate surface area is 206 Å². The van der Waals surface area contributed by atoms with Gasteiger partial charge in [0.05, 0.1) is 13.1 Å². The summed E-state index contributed by atoms with van der Waals surface area (Å²) < 4.78 is 4.89. The van der Waals surface area contributed by atoms with E-state index in [0.29, 0.717) is 12.2 Å². The Hall–Kier alpha value is -3.67. The Morgan fingerprint density at radius 1 is 0.971 bits per heavy atom. The van der Waals surface area contributed by atoms with Gasteiger partial charge in [0.1, 0.15) is 12.6 Å². The zero-order valence-corrected chi connectivity index (χ0v) is 21.0. The van der Waals surface area contributed by atoms with Crippen molar-refractivity contribution in [1.29, 1.82) is 0 Å². The van der Waals surface area contributed by atoms with E-state index in [1.807, 2.05) is 6.92 Å². The lowest BCUT2D eigenvalue weighted by molar-refractivity contribution is -0.142. The second-order valence-corrected chi connectivity index (χ2v) is 7.85. The molecule has 1 unspecified atom stereocenters. The molecule has 0 aliphatic carbocycles. The average molecular weight is 495 g/mol. The third-order valence-corrected chi connectivity index (χ3v) is 4.26. The van der Waals surface area contributed by atoms with Crippen molar-refractivity contribution in [3.05, 3.63) is 29.8 Å². The van der Waals surface area contributed by atoms with E-state index in [2.05, 4.69) is 26.6 Å². The molecule has 0 aromatic heterocycles. The topological polar surface area (TPSA) is 181 Å². The van der Waals surface area contributed by atoms with Gasteiger partial charge in [0.2, 0.25) is 17.7 Å². The molecule has 0 bridgehead atoms. The van der Waals surface area contributed by atoms with Gasteiger partial charge < -0.3 is 37.1 Å². The highest BCUT2D eigenvalue weighted by Crippen LogP contribution is 2.10. The van der Waals surface area contributed by atoms with E-state index < -0.39 is 23.9 Å². The van der Waals surface area contributed by atoms with E-state index in [9.17, 15) is 24.0 Å². The standard InChI is InChI=1S/C19H28N4O5.C4H10N2O/c1-12(2)18(23-16(25)9-20-4)19(27)21-10-17(26)22-15-7-5-14(6-8-15)11-28-13(3)24;1-2-3-6-4(5)7/h5-8,12,18,20H,9-11H2,1-4H3,(H,21,27)(H,22,26)(H,23,25);2-3H2,1H3,(H3,5,6,7). The zero-order chi connectivity index (χ0) is 26.8. The molecule has 0 aliphatic rings. The molecule has 0 fully saturated rings. The Balaban J connectivity index is 0.00000143. The third kappa shape index (κ3) is 15.7. The van der Waals surface area contributed by atoms with Crippen LogP contribution in [0.15, 0.2) is 24.3 Å². The van der Waals surface area contributed by atoms with Crippen LogP contribution in [0.2, 0.25) is 0 Å². The molecule has 0 saturated heterocycles. The summed E-state index contributed by atoms with van der Waals surface area (Å²) in [7, 11) is 1.64. The van der Waals surface area contributed by atoms with Crippen LogP contribution in [-0.4, -0.2) is 62.4 Å². The van der Waals surface area contributed by atoms with Crippen LogP contribution in [0, 0.1) is 5.92 Å². The quantitative estimate of drug-likeness (QED) is 0.225. The Morgan fingerprint density at radius 2 is 1.60 bits per heavy atom. The van der Waals surface area contributed by atoms with Crippen molar-refractivity contribution >= 4 is 35.4 Å². The largest absolute Gasteiger partial charge is 0.461 e. The van der Waals surface area contributed by atoms with Gasteiger partial charge in [-0.15, -0.1) is 0 Å². The number of hydrogen-bond acceptors (Lipinski definition) is 7. The van der Waals surface area contributed by atoms with Crippen LogP contribution >= 0.6 is 0 Å². The minimum absolute atomic E-state index is 0.102. The van der Waals surface area contributed by atoms with E-state index in [1.165, 1.54) is 6.92 Å². The van der Waals surface area contributed by atoms with Gasteiger partial charge in [0.15, 0.2) is 0 Å². The van der Waals surface area contributed by atoms with Crippen molar-refractivity contribution in [2.45, 2.75) is 46.8 Å². The number of carbonyl (C=O) groups excluding carboxylic acids is 5. The first-order valence-electron chi connectivity index (χ1n) is 11.3. The second-order valence-electron chi connectivity index (χ2n) is 7.85. The number of primary amides is 1. The summed E-state index contributed by atoms with van der Waals surface area (Å²) in [5, 5.41) is 13.0. The monoisotopic (exact) mass is 494 g/mol. The number of nitrogens with two attached hydrogens (primary N) is 1. The van der Waals surface area contributed by atoms with Gasteiger partial charge in [0, 0.05) is 19.2 Å². The number of amides is 5. The van der Waals surface area contributed by atoms with Crippen molar-refractivity contribution in [2.24, 2.45) is 11.7 Å². The van der Waals surface area contributed by atoms with Gasteiger partial charge in [0.25, 0.3) is 0 Å². The van der Waals surface area contributed by atoms with Crippen molar-refractivity contribution in [2.75, 3.05) is 32.0 Å². The normalized spacial score (nSPS) is 10.8. The molecular formula is C23H38N6O6. The molecule has 0 spiro atoms. The molecule has 1 aromatic carbocycles. The first kappa shape index (κ1) is 31.3. The van der Waals surface area contributed by atoms with Crippen molar-refractivity contribution < 1.29 is 28.7 Å². The summed E-state index contributed by atoms with van der Waals surface area (Å²) in [5.41, 5.74) is 6.07. The number of likely N-dealkylation sites (N-methyl/N-ethyl adjacent to an activating group) is 1. The van der Waals surface area contributed by atoms with Gasteiger partial charge in [-0.1, -0.05) is 32.9 Å². The number of anilines is 1. The maximum atomic E-state index is 12.3. The van der Waals surface area contributed by atoms with E-state index in [-0.39, 0.29) is 37.5 Å². The first-order valence-corrected chi connectivity index (χ1v) is 11.3. The van der Waals surface area contributed by atoms with Crippen LogP contribution in [-0.2, 0) is 30.5 Å². The van der Waals surface area contributed by atoms with Crippen LogP contribution in [0.3, 0.4) is 0 Å². The molecule has 0 aliphatic heterocycles. The van der Waals surface area contributed by atoms with Gasteiger partial charge >= 0.3 is 12.0 Å². The summed E-state index contributed by atoms with van der Waals surface area (Å²) in [4.78, 5) is 56.7. The number of urea groups is 1. The van der Waals surface area contributed by atoms with Crippen LogP contribution in [0.1, 0.15) is 39.7 Å². The molecule has 5 amide bonds. The number of carbonyl (C=O) groups is 5. The minimum Gasteiger partial charge on any atom is -0.461 e. The lowest BCUT2D eigenvalue weighted by atomic mass is 10.0. The summed E-state index contributed by atoms with van der Waals surface area (Å²) >= 11 is 0. The molecule has 196 valence electrons. The average Bonchev–Trinajstić information content (AvgIpc) is 2.79. The van der Waals surface area contributed by atoms with E-state index in [1.54, 1.807) is 45.2 Å². The number of hydrogen-bond donors (Lipinski definition) is 6. The van der Waals surface area contributed by atoms with Gasteiger partial charge in [-0.2, -0.15) is 0 Å². The predicted octanol–water partition coefficient (Wildman–Crippen LogP) is 0.229. The Kier molecular flexibility index (Phi) is 15.9. The van der Waals surface area contributed by atoms with Crippen LogP contribution in [0.25, 0.3) is 0 Å². The molecule has 1 aromatic rings. The molecule has 0 radical (unpaired) electrons. The lowest BCUT2D eigenvalue weighted by Gasteiger charge is -2.21. The highest BCUT2D eigenvalue weighted by atomic mass is 16.5. The summed E-state index contributed by atoms with van der Waals surface area (Å²) in [6.45, 7) is 7.63. The number of ether oxygens (including phenoxy) is 1. The number of benzene rings is 1. The minimum atomic E-state index is -0.728. The molecule has 7 N–H and O–H groups in total. The molecule has 0 heterocycles. The molecular weight excluding hydrogens is 456 g/mol. The molecule has 0 saturated carbocycles. The number of nitrogens with one attached hydrogen (secondary N) is 5. The fourth-order valence-electron chi connectivity index (χ4n) is 2.52. The second kappa shape index (κ2) is 17.8. The summed E-state index contributed by atoms with van der Waals surface area (Å²) in [6, 6.07) is 5.63. The van der Waals surface area contributed by atoms with E-state index in [0.717, 1.165) is 12.0 Å². The maximum Gasteiger partial charge on any atom is 0.312 e. The molecule has 12 heteroatoms. The first-order chi connectivity index (χ1) is 16.5. The van der Waals surface area contributed by atoms with Crippen molar-refractivity contribution in [3.8, 4) is 0 Å². The van der Waals surface area contributed by atoms with Gasteiger partial charge in [-0.3, -0.25) is 19.2 Å². The van der Waals surface area contributed by atoms with Crippen LogP contribution in [0.4, 0.5) is 10.5 Å². The molecule has 1 rings (SSSR count). The highest BCUT2D eigenvalue weighted by molar-refractivity contribution is 5.96. The number of esters is 1. The lowest BCUT2D eigenvalue weighted by Crippen LogP contribution is -2.52.